The Bertz CT molecular complexity index is 638. The molecule has 0 aromatic heterocycles. The number of hydrogen-bond acceptors (Lipinski definition) is 3. The van der Waals surface area contributed by atoms with Gasteiger partial charge in [-0.25, -0.2) is 0 Å². The Morgan fingerprint density at radius 1 is 1.48 bits per heavy atom. The average Bonchev–Trinajstić information content (AvgIpc) is 2.79. The fourth-order valence-electron chi connectivity index (χ4n) is 1.48. The van der Waals surface area contributed by atoms with Gasteiger partial charge in [-0.2, -0.15) is 4.99 Å². The number of amides is 1. The number of aliphatic imine (C=N–C) groups is 1. The van der Waals surface area contributed by atoms with Crippen LogP contribution in [0.25, 0.3) is 6.08 Å². The van der Waals surface area contributed by atoms with Crippen molar-refractivity contribution in [3.63, 3.8) is 0 Å². The van der Waals surface area contributed by atoms with Gasteiger partial charge >= 0.3 is 0 Å². The van der Waals surface area contributed by atoms with Crippen molar-refractivity contribution in [1.82, 2.24) is 10.6 Å². The fraction of sp³-hybridized carbons (Fsp3) is 0.0714. The van der Waals surface area contributed by atoms with E-state index in [2.05, 4.69) is 38.1 Å². The molecule has 1 aromatic rings. The molecule has 0 saturated carbocycles. The number of hydrogen-bond donors (Lipinski definition) is 2. The molecule has 0 spiro atoms. The van der Waals surface area contributed by atoms with Crippen molar-refractivity contribution in [3.8, 4) is 0 Å². The summed E-state index contributed by atoms with van der Waals surface area (Å²) in [6.45, 7) is 4.12. The van der Waals surface area contributed by atoms with E-state index in [4.69, 9.17) is 12.2 Å². The van der Waals surface area contributed by atoms with E-state index in [1.165, 1.54) is 11.8 Å². The summed E-state index contributed by atoms with van der Waals surface area (Å²) in [6.07, 6.45) is 3.50. The van der Waals surface area contributed by atoms with E-state index in [-0.39, 0.29) is 5.91 Å². The van der Waals surface area contributed by atoms with Crippen molar-refractivity contribution in [2.24, 2.45) is 4.99 Å². The summed E-state index contributed by atoms with van der Waals surface area (Å²) in [5.74, 6) is -0.173. The number of thiocarbonyl (C=S) groups is 1. The normalized spacial score (nSPS) is 17.9. The van der Waals surface area contributed by atoms with Gasteiger partial charge in [0.2, 0.25) is 0 Å². The molecule has 1 amide bonds. The number of nitrogens with one attached hydrogen (secondary N) is 2. The van der Waals surface area contributed by atoms with Crippen molar-refractivity contribution in [1.29, 1.82) is 0 Å². The molecule has 1 aliphatic rings. The third-order valence-corrected chi connectivity index (χ3v) is 4.09. The SMILES string of the molecule is C=CCNC(=S)/N=C1\NC(=O)/C(=C/c2ccc(Br)cc2)S1. The molecular weight excluding hydrogens is 370 g/mol. The number of amidine groups is 1. The van der Waals surface area contributed by atoms with Crippen LogP contribution in [-0.4, -0.2) is 22.7 Å². The number of nitrogens with zero attached hydrogens (tertiary/aromatic N) is 1. The highest BCUT2D eigenvalue weighted by Crippen LogP contribution is 2.26. The molecule has 0 unspecified atom stereocenters. The lowest BCUT2D eigenvalue weighted by molar-refractivity contribution is -0.115. The van der Waals surface area contributed by atoms with Crippen molar-refractivity contribution in [3.05, 3.63) is 51.9 Å². The third kappa shape index (κ3) is 4.80. The van der Waals surface area contributed by atoms with E-state index in [0.717, 1.165) is 10.0 Å². The van der Waals surface area contributed by atoms with Gasteiger partial charge in [0.05, 0.1) is 4.91 Å². The Morgan fingerprint density at radius 2 is 2.19 bits per heavy atom. The minimum Gasteiger partial charge on any atom is -0.357 e. The Morgan fingerprint density at radius 3 is 2.86 bits per heavy atom. The number of halogens is 1. The molecule has 1 saturated heterocycles. The number of thioether (sulfide) groups is 1. The van der Waals surface area contributed by atoms with E-state index in [1.807, 2.05) is 30.3 Å². The highest BCUT2D eigenvalue weighted by Gasteiger charge is 2.23. The lowest BCUT2D eigenvalue weighted by Crippen LogP contribution is -2.25. The first-order valence-corrected chi connectivity index (χ1v) is 8.04. The molecule has 7 heteroatoms. The maximum atomic E-state index is 11.9. The standard InChI is InChI=1S/C14H12BrN3OS2/c1-2-7-16-13(20)18-14-17-12(19)11(21-14)8-9-3-5-10(15)6-4-9/h2-6,8H,1,7H2,(H2,16,17,18,19,20)/b11-8-. The first-order valence-electron chi connectivity index (χ1n) is 6.02. The molecule has 1 fully saturated rings. The van der Waals surface area contributed by atoms with Crippen LogP contribution in [0.4, 0.5) is 0 Å². The van der Waals surface area contributed by atoms with E-state index in [9.17, 15) is 4.79 Å². The number of rotatable bonds is 3. The van der Waals surface area contributed by atoms with Gasteiger partial charge in [0.1, 0.15) is 0 Å². The molecule has 0 aliphatic carbocycles. The highest BCUT2D eigenvalue weighted by atomic mass is 79.9. The van der Waals surface area contributed by atoms with Crippen molar-refractivity contribution >= 4 is 62.2 Å². The van der Waals surface area contributed by atoms with Crippen LogP contribution < -0.4 is 10.6 Å². The molecular formula is C14H12BrN3OS2. The molecule has 1 aliphatic heterocycles. The number of carbonyl (C=O) groups is 1. The third-order valence-electron chi connectivity index (χ3n) is 2.42. The van der Waals surface area contributed by atoms with Crippen LogP contribution in [0.15, 0.2) is 51.3 Å². The minimum atomic E-state index is -0.173. The summed E-state index contributed by atoms with van der Waals surface area (Å²) in [5.41, 5.74) is 0.949. The van der Waals surface area contributed by atoms with Gasteiger partial charge in [0, 0.05) is 11.0 Å². The zero-order chi connectivity index (χ0) is 15.2. The molecule has 0 radical (unpaired) electrons. The second-order valence-electron chi connectivity index (χ2n) is 4.01. The Balaban J connectivity index is 2.08. The van der Waals surface area contributed by atoms with Gasteiger partial charge in [-0.15, -0.1) is 6.58 Å². The van der Waals surface area contributed by atoms with Crippen LogP contribution >= 0.6 is 39.9 Å². The summed E-state index contributed by atoms with van der Waals surface area (Å²) in [5, 5.41) is 6.37. The molecule has 1 aromatic carbocycles. The average molecular weight is 382 g/mol. The van der Waals surface area contributed by atoms with Crippen LogP contribution in [0.2, 0.25) is 0 Å². The molecule has 2 rings (SSSR count). The van der Waals surface area contributed by atoms with Gasteiger partial charge in [-0.1, -0.05) is 34.1 Å². The number of carbonyl (C=O) groups excluding carboxylic acids is 1. The topological polar surface area (TPSA) is 53.5 Å². The monoisotopic (exact) mass is 381 g/mol. The van der Waals surface area contributed by atoms with Gasteiger partial charge < -0.3 is 10.6 Å². The first kappa shape index (κ1) is 15.9. The maximum absolute atomic E-state index is 11.9. The van der Waals surface area contributed by atoms with Crippen LogP contribution in [0.3, 0.4) is 0 Å². The van der Waals surface area contributed by atoms with Crippen molar-refractivity contribution in [2.75, 3.05) is 6.54 Å². The predicted molar refractivity (Wildman–Crippen MR) is 96.1 cm³/mol. The molecule has 4 nitrogen and oxygen atoms in total. The van der Waals surface area contributed by atoms with Crippen LogP contribution in [0.5, 0.6) is 0 Å². The lowest BCUT2D eigenvalue weighted by atomic mass is 10.2. The second kappa shape index (κ2) is 7.53. The number of benzene rings is 1. The summed E-state index contributed by atoms with van der Waals surface area (Å²) in [7, 11) is 0. The fourth-order valence-corrected chi connectivity index (χ4v) is 2.81. The van der Waals surface area contributed by atoms with Gasteiger partial charge in [0.15, 0.2) is 10.3 Å². The molecule has 2 N–H and O–H groups in total. The Labute approximate surface area is 140 Å². The van der Waals surface area contributed by atoms with Crippen molar-refractivity contribution < 1.29 is 4.79 Å². The second-order valence-corrected chi connectivity index (χ2v) is 6.34. The van der Waals surface area contributed by atoms with Gasteiger partial charge in [-0.05, 0) is 47.8 Å². The Hall–Kier alpha value is -1.44. The summed E-state index contributed by atoms with van der Waals surface area (Å²) in [4.78, 5) is 16.6. The Kier molecular flexibility index (Phi) is 5.72. The van der Waals surface area contributed by atoms with Crippen LogP contribution in [-0.2, 0) is 4.79 Å². The molecule has 1 heterocycles. The summed E-state index contributed by atoms with van der Waals surface area (Å²) >= 11 is 9.68. The van der Waals surface area contributed by atoms with Crippen molar-refractivity contribution in [2.45, 2.75) is 0 Å². The van der Waals surface area contributed by atoms with Gasteiger partial charge in [0.25, 0.3) is 5.91 Å². The smallest absolute Gasteiger partial charge is 0.264 e. The first-order chi connectivity index (χ1) is 10.1. The largest absolute Gasteiger partial charge is 0.357 e. The van der Waals surface area contributed by atoms with E-state index >= 15 is 0 Å². The maximum Gasteiger partial charge on any atom is 0.264 e. The van der Waals surface area contributed by atoms with E-state index in [0.29, 0.717) is 21.7 Å². The molecule has 108 valence electrons. The summed E-state index contributed by atoms with van der Waals surface area (Å²) in [6, 6.07) is 7.70. The molecule has 21 heavy (non-hydrogen) atoms. The molecule has 0 atom stereocenters. The zero-order valence-electron chi connectivity index (χ0n) is 10.9. The minimum absolute atomic E-state index is 0.173. The zero-order valence-corrected chi connectivity index (χ0v) is 14.1. The van der Waals surface area contributed by atoms with E-state index < -0.39 is 0 Å². The summed E-state index contributed by atoms with van der Waals surface area (Å²) < 4.78 is 0.995. The quantitative estimate of drug-likeness (QED) is 0.479. The highest BCUT2D eigenvalue weighted by molar-refractivity contribution is 9.10. The lowest BCUT2D eigenvalue weighted by Gasteiger charge is -1.99. The van der Waals surface area contributed by atoms with Crippen LogP contribution in [0, 0.1) is 0 Å². The van der Waals surface area contributed by atoms with Crippen LogP contribution in [0.1, 0.15) is 5.56 Å². The van der Waals surface area contributed by atoms with E-state index in [1.54, 1.807) is 6.08 Å². The molecule has 0 bridgehead atoms. The predicted octanol–water partition coefficient (Wildman–Crippen LogP) is 3.07. The van der Waals surface area contributed by atoms with Gasteiger partial charge in [-0.3, -0.25) is 4.79 Å².